The van der Waals surface area contributed by atoms with Gasteiger partial charge in [-0.05, 0) is 7.05 Å². The van der Waals surface area contributed by atoms with E-state index in [1.807, 2.05) is 5.51 Å². The van der Waals surface area contributed by atoms with Crippen LogP contribution in [0.3, 0.4) is 0 Å². The molecule has 0 saturated carbocycles. The Bertz CT molecular complexity index is 229. The number of aromatic nitrogens is 1. The van der Waals surface area contributed by atoms with Crippen molar-refractivity contribution in [2.75, 3.05) is 32.6 Å². The Balaban J connectivity index is 2.07. The molecule has 0 aliphatic carbocycles. The third-order valence-electron chi connectivity index (χ3n) is 1.77. The van der Waals surface area contributed by atoms with Crippen molar-refractivity contribution in [3.05, 3.63) is 16.6 Å². The second kappa shape index (κ2) is 7.23. The highest BCUT2D eigenvalue weighted by Crippen LogP contribution is 2.03. The van der Waals surface area contributed by atoms with Crippen LogP contribution in [0.1, 0.15) is 5.69 Å². The highest BCUT2D eigenvalue weighted by atomic mass is 32.1. The van der Waals surface area contributed by atoms with Crippen LogP contribution in [0.5, 0.6) is 0 Å². The molecular weight excluding hydrogens is 216 g/mol. The molecule has 0 spiro atoms. The monoisotopic (exact) mass is 232 g/mol. The van der Waals surface area contributed by atoms with Crippen LogP contribution in [0.25, 0.3) is 0 Å². The van der Waals surface area contributed by atoms with Gasteiger partial charge in [0, 0.05) is 24.2 Å². The first kappa shape index (κ1) is 12.0. The molecule has 1 aromatic rings. The average Bonchev–Trinajstić information content (AvgIpc) is 2.65. The van der Waals surface area contributed by atoms with E-state index in [1.54, 1.807) is 11.3 Å². The Morgan fingerprint density at radius 1 is 1.57 bits per heavy atom. The minimum Gasteiger partial charge on any atom is -0.379 e. The van der Waals surface area contributed by atoms with Crippen molar-refractivity contribution in [3.63, 3.8) is 0 Å². The van der Waals surface area contributed by atoms with Crippen LogP contribution >= 0.6 is 24.0 Å². The van der Waals surface area contributed by atoms with Crippen LogP contribution in [0, 0.1) is 0 Å². The average molecular weight is 232 g/mol. The third kappa shape index (κ3) is 4.95. The van der Waals surface area contributed by atoms with E-state index in [1.165, 1.54) is 0 Å². The number of ether oxygens (including phenoxy) is 1. The van der Waals surface area contributed by atoms with Gasteiger partial charge >= 0.3 is 0 Å². The Morgan fingerprint density at radius 3 is 3.07 bits per heavy atom. The number of thiol groups is 1. The van der Waals surface area contributed by atoms with Gasteiger partial charge in [0.15, 0.2) is 0 Å². The Labute approximate surface area is 94.5 Å². The summed E-state index contributed by atoms with van der Waals surface area (Å²) in [6.07, 6.45) is 0. The summed E-state index contributed by atoms with van der Waals surface area (Å²) in [5.41, 5.74) is 2.99. The van der Waals surface area contributed by atoms with Crippen molar-refractivity contribution in [1.82, 2.24) is 9.88 Å². The molecule has 1 heterocycles. The molecule has 0 atom stereocenters. The van der Waals surface area contributed by atoms with Crippen LogP contribution in [0.4, 0.5) is 0 Å². The summed E-state index contributed by atoms with van der Waals surface area (Å²) in [4.78, 5) is 6.43. The molecule has 0 aromatic carbocycles. The van der Waals surface area contributed by atoms with Crippen LogP contribution in [0.2, 0.25) is 0 Å². The molecule has 0 saturated heterocycles. The van der Waals surface area contributed by atoms with E-state index in [9.17, 15) is 0 Å². The first-order chi connectivity index (χ1) is 6.83. The number of thiazole rings is 1. The summed E-state index contributed by atoms with van der Waals surface area (Å²) in [6, 6.07) is 0. The maximum Gasteiger partial charge on any atom is 0.0795 e. The van der Waals surface area contributed by atoms with E-state index in [4.69, 9.17) is 4.74 Å². The van der Waals surface area contributed by atoms with Gasteiger partial charge in [-0.3, -0.25) is 4.90 Å². The first-order valence-corrected chi connectivity index (χ1v) is 6.14. The summed E-state index contributed by atoms with van der Waals surface area (Å²) >= 11 is 5.70. The number of rotatable bonds is 7. The smallest absolute Gasteiger partial charge is 0.0795 e. The lowest BCUT2D eigenvalue weighted by Gasteiger charge is -2.14. The molecule has 0 unspecified atom stereocenters. The van der Waals surface area contributed by atoms with E-state index in [0.717, 1.165) is 37.8 Å². The predicted octanol–water partition coefficient (Wildman–Crippen LogP) is 1.52. The van der Waals surface area contributed by atoms with Gasteiger partial charge in [0.05, 0.1) is 24.4 Å². The van der Waals surface area contributed by atoms with Crippen LogP contribution in [-0.2, 0) is 11.3 Å². The molecule has 0 bridgehead atoms. The van der Waals surface area contributed by atoms with Crippen molar-refractivity contribution in [2.45, 2.75) is 6.54 Å². The second-order valence-electron chi connectivity index (χ2n) is 3.05. The van der Waals surface area contributed by atoms with Crippen molar-refractivity contribution < 1.29 is 4.74 Å². The first-order valence-electron chi connectivity index (χ1n) is 4.57. The highest BCUT2D eigenvalue weighted by molar-refractivity contribution is 7.80. The van der Waals surface area contributed by atoms with E-state index in [0.29, 0.717) is 0 Å². The normalized spacial score (nSPS) is 11.1. The number of nitrogens with zero attached hydrogens (tertiary/aromatic N) is 2. The van der Waals surface area contributed by atoms with Crippen molar-refractivity contribution in [3.8, 4) is 0 Å². The van der Waals surface area contributed by atoms with Gasteiger partial charge in [0.25, 0.3) is 0 Å². The van der Waals surface area contributed by atoms with Gasteiger partial charge < -0.3 is 4.74 Å². The molecule has 5 heteroatoms. The summed E-state index contributed by atoms with van der Waals surface area (Å²) in [7, 11) is 2.07. The Morgan fingerprint density at radius 2 is 2.43 bits per heavy atom. The van der Waals surface area contributed by atoms with E-state index in [2.05, 4.69) is 34.9 Å². The molecule has 0 N–H and O–H groups in total. The van der Waals surface area contributed by atoms with Gasteiger partial charge in [-0.15, -0.1) is 11.3 Å². The topological polar surface area (TPSA) is 25.4 Å². The highest BCUT2D eigenvalue weighted by Gasteiger charge is 2.01. The van der Waals surface area contributed by atoms with Crippen LogP contribution in [-0.4, -0.2) is 42.4 Å². The fourth-order valence-electron chi connectivity index (χ4n) is 1.06. The van der Waals surface area contributed by atoms with E-state index >= 15 is 0 Å². The predicted molar refractivity (Wildman–Crippen MR) is 63.1 cm³/mol. The van der Waals surface area contributed by atoms with Crippen molar-refractivity contribution >= 4 is 24.0 Å². The zero-order chi connectivity index (χ0) is 10.2. The molecular formula is C9H16N2OS2. The van der Waals surface area contributed by atoms with Crippen LogP contribution < -0.4 is 0 Å². The molecule has 0 fully saturated rings. The number of hydrogen-bond acceptors (Lipinski definition) is 5. The van der Waals surface area contributed by atoms with Gasteiger partial charge in [-0.2, -0.15) is 12.6 Å². The van der Waals surface area contributed by atoms with Crippen molar-refractivity contribution in [2.24, 2.45) is 0 Å². The molecule has 0 aliphatic heterocycles. The van der Waals surface area contributed by atoms with E-state index in [-0.39, 0.29) is 0 Å². The third-order valence-corrected chi connectivity index (χ3v) is 2.59. The molecule has 0 amide bonds. The summed E-state index contributed by atoms with van der Waals surface area (Å²) in [5.74, 6) is 0.788. The Kier molecular flexibility index (Phi) is 6.18. The van der Waals surface area contributed by atoms with Crippen LogP contribution in [0.15, 0.2) is 10.9 Å². The maximum atomic E-state index is 5.34. The summed E-state index contributed by atoms with van der Waals surface area (Å²) < 4.78 is 5.34. The SMILES string of the molecule is CN(CCOCCS)Cc1cscn1. The summed E-state index contributed by atoms with van der Waals surface area (Å²) in [6.45, 7) is 3.33. The minimum atomic E-state index is 0.730. The van der Waals surface area contributed by atoms with Gasteiger partial charge in [-0.1, -0.05) is 0 Å². The zero-order valence-corrected chi connectivity index (χ0v) is 10.1. The second-order valence-corrected chi connectivity index (χ2v) is 4.22. The minimum absolute atomic E-state index is 0.730. The lowest BCUT2D eigenvalue weighted by Crippen LogP contribution is -2.23. The molecule has 1 aromatic heterocycles. The zero-order valence-electron chi connectivity index (χ0n) is 8.35. The lowest BCUT2D eigenvalue weighted by atomic mass is 10.4. The fraction of sp³-hybridized carbons (Fsp3) is 0.667. The van der Waals surface area contributed by atoms with Gasteiger partial charge in [0.2, 0.25) is 0 Å². The molecule has 0 radical (unpaired) electrons. The van der Waals surface area contributed by atoms with Gasteiger partial charge in [0.1, 0.15) is 0 Å². The largest absolute Gasteiger partial charge is 0.379 e. The molecule has 80 valence electrons. The van der Waals surface area contributed by atoms with Crippen molar-refractivity contribution in [1.29, 1.82) is 0 Å². The molecule has 0 aliphatic rings. The number of hydrogen-bond donors (Lipinski definition) is 1. The fourth-order valence-corrected chi connectivity index (χ4v) is 1.74. The molecule has 1 rings (SSSR count). The number of likely N-dealkylation sites (N-methyl/N-ethyl adjacent to an activating group) is 1. The maximum absolute atomic E-state index is 5.34. The lowest BCUT2D eigenvalue weighted by molar-refractivity contribution is 0.122. The Hall–Kier alpha value is -0.100. The van der Waals surface area contributed by atoms with Gasteiger partial charge in [-0.25, -0.2) is 4.98 Å². The van der Waals surface area contributed by atoms with E-state index < -0.39 is 0 Å². The summed E-state index contributed by atoms with van der Waals surface area (Å²) in [5, 5.41) is 2.07. The molecule has 3 nitrogen and oxygen atoms in total. The molecule has 14 heavy (non-hydrogen) atoms. The standard InChI is InChI=1S/C9H16N2OS2/c1-11(2-3-12-4-5-13)6-9-7-14-8-10-9/h7-8,13H,2-6H2,1H3. The quantitative estimate of drug-likeness (QED) is 0.570.